The summed E-state index contributed by atoms with van der Waals surface area (Å²) in [7, 11) is 0. The molecule has 0 spiro atoms. The van der Waals surface area contributed by atoms with Gasteiger partial charge in [0.25, 0.3) is 0 Å². The van der Waals surface area contributed by atoms with Crippen molar-refractivity contribution in [3.63, 3.8) is 0 Å². The van der Waals surface area contributed by atoms with Crippen LogP contribution in [-0.4, -0.2) is 11.0 Å². The number of amides is 2. The van der Waals surface area contributed by atoms with E-state index in [1.807, 2.05) is 55.5 Å². The van der Waals surface area contributed by atoms with E-state index in [0.717, 1.165) is 11.1 Å². The summed E-state index contributed by atoms with van der Waals surface area (Å²) in [4.78, 5) is 16.8. The van der Waals surface area contributed by atoms with Crippen LogP contribution in [-0.2, 0) is 5.41 Å². The van der Waals surface area contributed by atoms with Crippen LogP contribution in [0.15, 0.2) is 52.9 Å². The minimum absolute atomic E-state index is 0.0792. The largest absolute Gasteiger partial charge is 0.440 e. The monoisotopic (exact) mass is 337 g/mol. The first-order chi connectivity index (χ1) is 11.8. The van der Waals surface area contributed by atoms with Crippen molar-refractivity contribution in [2.45, 2.75) is 39.2 Å². The predicted octanol–water partition coefficient (Wildman–Crippen LogP) is 5.01. The number of anilines is 1. The number of nitrogens with one attached hydrogen (secondary N) is 2. The van der Waals surface area contributed by atoms with Gasteiger partial charge < -0.3 is 15.1 Å². The lowest BCUT2D eigenvalue weighted by Gasteiger charge is -2.15. The van der Waals surface area contributed by atoms with Crippen molar-refractivity contribution in [3.05, 3.63) is 60.0 Å². The topological polar surface area (TPSA) is 67.2 Å². The molecule has 0 aliphatic heterocycles. The molecule has 25 heavy (non-hydrogen) atoms. The molecule has 0 fully saturated rings. The third-order valence-electron chi connectivity index (χ3n) is 3.93. The Morgan fingerprint density at radius 3 is 2.52 bits per heavy atom. The van der Waals surface area contributed by atoms with Crippen LogP contribution in [0.3, 0.4) is 0 Å². The van der Waals surface area contributed by atoms with Gasteiger partial charge in [-0.05, 0) is 30.7 Å². The fourth-order valence-electron chi connectivity index (χ4n) is 2.51. The average molecular weight is 337 g/mol. The quantitative estimate of drug-likeness (QED) is 0.706. The van der Waals surface area contributed by atoms with Crippen molar-refractivity contribution in [1.29, 1.82) is 0 Å². The third-order valence-corrected chi connectivity index (χ3v) is 3.93. The van der Waals surface area contributed by atoms with Gasteiger partial charge in [0.2, 0.25) is 5.89 Å². The number of urea groups is 1. The van der Waals surface area contributed by atoms with E-state index in [1.54, 1.807) is 0 Å². The molecule has 0 saturated carbocycles. The number of nitrogens with zero attached hydrogens (tertiary/aromatic N) is 1. The van der Waals surface area contributed by atoms with Gasteiger partial charge in [0, 0.05) is 11.1 Å². The van der Waals surface area contributed by atoms with E-state index >= 15 is 0 Å². The van der Waals surface area contributed by atoms with Crippen molar-refractivity contribution in [3.8, 4) is 0 Å². The smallest absolute Gasteiger partial charge is 0.319 e. The molecule has 0 bridgehead atoms. The number of carbonyl (C=O) groups is 1. The Kier molecular flexibility index (Phi) is 4.49. The minimum Gasteiger partial charge on any atom is -0.440 e. The summed E-state index contributed by atoms with van der Waals surface area (Å²) in [5.74, 6) is 0.682. The lowest BCUT2D eigenvalue weighted by molar-refractivity contribution is 0.249. The summed E-state index contributed by atoms with van der Waals surface area (Å²) in [6.07, 6.45) is 0. The Bertz CT molecular complexity index is 879. The normalized spacial score (nSPS) is 12.8. The van der Waals surface area contributed by atoms with E-state index in [-0.39, 0.29) is 17.5 Å². The Morgan fingerprint density at radius 2 is 1.84 bits per heavy atom. The maximum atomic E-state index is 12.2. The first-order valence-electron chi connectivity index (χ1n) is 8.36. The molecule has 1 aromatic heterocycles. The Morgan fingerprint density at radius 1 is 1.12 bits per heavy atom. The molecule has 3 rings (SSSR count). The SMILES string of the molecule is CC(NC(=O)Nc1ccc2oc(C(C)(C)C)nc2c1)c1ccccc1. The maximum absolute atomic E-state index is 12.2. The lowest BCUT2D eigenvalue weighted by Crippen LogP contribution is -2.31. The maximum Gasteiger partial charge on any atom is 0.319 e. The van der Waals surface area contributed by atoms with E-state index in [1.165, 1.54) is 0 Å². The van der Waals surface area contributed by atoms with Gasteiger partial charge in [0.15, 0.2) is 5.58 Å². The molecule has 3 aromatic rings. The zero-order valence-corrected chi connectivity index (χ0v) is 15.0. The fraction of sp³-hybridized carbons (Fsp3) is 0.300. The number of rotatable bonds is 3. The molecule has 2 aromatic carbocycles. The molecule has 1 heterocycles. The van der Waals surface area contributed by atoms with Crippen LogP contribution in [0.4, 0.5) is 10.5 Å². The summed E-state index contributed by atoms with van der Waals surface area (Å²) in [6.45, 7) is 8.10. The number of aromatic nitrogens is 1. The van der Waals surface area contributed by atoms with E-state index < -0.39 is 0 Å². The van der Waals surface area contributed by atoms with E-state index in [2.05, 4.69) is 36.4 Å². The van der Waals surface area contributed by atoms with Crippen molar-refractivity contribution in [1.82, 2.24) is 10.3 Å². The van der Waals surface area contributed by atoms with Crippen molar-refractivity contribution in [2.75, 3.05) is 5.32 Å². The highest BCUT2D eigenvalue weighted by atomic mass is 16.3. The molecule has 130 valence electrons. The highest BCUT2D eigenvalue weighted by Gasteiger charge is 2.21. The number of oxazole rings is 1. The summed E-state index contributed by atoms with van der Waals surface area (Å²) >= 11 is 0. The van der Waals surface area contributed by atoms with Gasteiger partial charge in [-0.2, -0.15) is 0 Å². The number of hydrogen-bond donors (Lipinski definition) is 2. The van der Waals surface area contributed by atoms with E-state index in [4.69, 9.17) is 4.42 Å². The van der Waals surface area contributed by atoms with Gasteiger partial charge in [0.05, 0.1) is 6.04 Å². The van der Waals surface area contributed by atoms with Crippen LogP contribution in [0.5, 0.6) is 0 Å². The molecule has 1 atom stereocenters. The molecule has 0 aliphatic rings. The zero-order valence-electron chi connectivity index (χ0n) is 15.0. The summed E-state index contributed by atoms with van der Waals surface area (Å²) in [5.41, 5.74) is 3.03. The predicted molar refractivity (Wildman–Crippen MR) is 99.7 cm³/mol. The van der Waals surface area contributed by atoms with Crippen LogP contribution >= 0.6 is 0 Å². The molecule has 0 saturated heterocycles. The van der Waals surface area contributed by atoms with Gasteiger partial charge in [-0.15, -0.1) is 0 Å². The zero-order chi connectivity index (χ0) is 18.0. The van der Waals surface area contributed by atoms with Gasteiger partial charge in [-0.25, -0.2) is 9.78 Å². The molecule has 2 amide bonds. The Labute approximate surface area is 147 Å². The highest BCUT2D eigenvalue weighted by Crippen LogP contribution is 2.27. The summed E-state index contributed by atoms with van der Waals surface area (Å²) in [6, 6.07) is 15.0. The lowest BCUT2D eigenvalue weighted by atomic mass is 9.97. The summed E-state index contributed by atoms with van der Waals surface area (Å²) < 4.78 is 5.78. The molecular weight excluding hydrogens is 314 g/mol. The first-order valence-corrected chi connectivity index (χ1v) is 8.36. The molecule has 0 radical (unpaired) electrons. The minimum atomic E-state index is -0.254. The summed E-state index contributed by atoms with van der Waals surface area (Å²) in [5, 5.41) is 5.78. The number of hydrogen-bond acceptors (Lipinski definition) is 3. The second kappa shape index (κ2) is 6.59. The second-order valence-electron chi connectivity index (χ2n) is 7.18. The number of fused-ring (bicyclic) bond motifs is 1. The first kappa shape index (κ1) is 17.0. The second-order valence-corrected chi connectivity index (χ2v) is 7.18. The van der Waals surface area contributed by atoms with Crippen LogP contribution in [0.1, 0.15) is 45.2 Å². The standard InChI is InChI=1S/C20H23N3O2/c1-13(14-8-6-5-7-9-14)21-19(24)22-15-10-11-17-16(12-15)23-18(25-17)20(2,3)4/h5-13H,1-4H3,(H2,21,22,24). The van der Waals surface area contributed by atoms with Crippen LogP contribution < -0.4 is 10.6 Å². The molecule has 1 unspecified atom stereocenters. The average Bonchev–Trinajstić information content (AvgIpc) is 2.99. The van der Waals surface area contributed by atoms with E-state index in [9.17, 15) is 4.79 Å². The van der Waals surface area contributed by atoms with Crippen LogP contribution in [0.25, 0.3) is 11.1 Å². The third kappa shape index (κ3) is 3.99. The van der Waals surface area contributed by atoms with Crippen LogP contribution in [0.2, 0.25) is 0 Å². The van der Waals surface area contributed by atoms with Crippen LogP contribution in [0, 0.1) is 0 Å². The fourth-order valence-corrected chi connectivity index (χ4v) is 2.51. The van der Waals surface area contributed by atoms with Crippen molar-refractivity contribution < 1.29 is 9.21 Å². The van der Waals surface area contributed by atoms with Gasteiger partial charge >= 0.3 is 6.03 Å². The Hall–Kier alpha value is -2.82. The van der Waals surface area contributed by atoms with Gasteiger partial charge in [0.1, 0.15) is 5.52 Å². The molecule has 2 N–H and O–H groups in total. The van der Waals surface area contributed by atoms with Gasteiger partial charge in [-0.3, -0.25) is 0 Å². The highest BCUT2D eigenvalue weighted by molar-refractivity contribution is 5.91. The number of benzene rings is 2. The van der Waals surface area contributed by atoms with Gasteiger partial charge in [-0.1, -0.05) is 51.1 Å². The van der Waals surface area contributed by atoms with Crippen molar-refractivity contribution in [2.24, 2.45) is 0 Å². The molecule has 0 aliphatic carbocycles. The molecule has 5 nitrogen and oxygen atoms in total. The molecule has 5 heteroatoms. The van der Waals surface area contributed by atoms with E-state index in [0.29, 0.717) is 17.2 Å². The Balaban J connectivity index is 1.71. The molecular formula is C20H23N3O2. The number of carbonyl (C=O) groups excluding carboxylic acids is 1. The van der Waals surface area contributed by atoms with Crippen molar-refractivity contribution >= 4 is 22.8 Å².